The number of hydrogen-bond donors (Lipinski definition) is 1. The van der Waals surface area contributed by atoms with Crippen LogP contribution in [-0.4, -0.2) is 53.3 Å². The first kappa shape index (κ1) is 16.4. The first-order valence-corrected chi connectivity index (χ1v) is 7.34. The Hall–Kier alpha value is -1.95. The lowest BCUT2D eigenvalue weighted by molar-refractivity contribution is -0.137. The smallest absolute Gasteiger partial charge is 0.254 e. The first-order valence-electron chi connectivity index (χ1n) is 7.34. The molecule has 1 aromatic rings. The molecule has 0 unspecified atom stereocenters. The van der Waals surface area contributed by atoms with E-state index in [0.29, 0.717) is 37.3 Å². The number of amides is 2. The Morgan fingerprint density at radius 1 is 1.14 bits per heavy atom. The van der Waals surface area contributed by atoms with Gasteiger partial charge in [0.2, 0.25) is 5.91 Å². The van der Waals surface area contributed by atoms with Crippen LogP contribution >= 0.6 is 0 Å². The molecule has 1 aliphatic rings. The molecule has 0 saturated carbocycles. The predicted molar refractivity (Wildman–Crippen MR) is 81.9 cm³/mol. The van der Waals surface area contributed by atoms with Gasteiger partial charge in [0.1, 0.15) is 5.82 Å². The number of benzene rings is 1. The monoisotopic (exact) mass is 307 g/mol. The largest absolute Gasteiger partial charge is 0.338 e. The predicted octanol–water partition coefficient (Wildman–Crippen LogP) is 1.16. The molecule has 1 aromatic carbocycles. The van der Waals surface area contributed by atoms with Crippen LogP contribution in [-0.2, 0) is 4.79 Å². The fourth-order valence-electron chi connectivity index (χ4n) is 2.43. The zero-order chi connectivity index (χ0) is 16.5. The van der Waals surface area contributed by atoms with E-state index in [1.54, 1.807) is 42.7 Å². The summed E-state index contributed by atoms with van der Waals surface area (Å²) in [7, 11) is 0. The zero-order valence-electron chi connectivity index (χ0n) is 13.2. The summed E-state index contributed by atoms with van der Waals surface area (Å²) in [5.74, 6) is -0.719. The number of carbonyl (C=O) groups excluding carboxylic acids is 2. The number of carbonyl (C=O) groups is 2. The lowest BCUT2D eigenvalue weighted by Gasteiger charge is -2.37. The molecule has 0 aromatic heterocycles. The van der Waals surface area contributed by atoms with E-state index in [4.69, 9.17) is 5.73 Å². The standard InChI is InChI=1S/C16H22FN3O2/c1-11-4-5-12(10-13(11)17)14(21)19-6-8-20(9-7-19)15(22)16(2,3)18/h4-5,10H,6-9,18H2,1-3H3. The van der Waals surface area contributed by atoms with E-state index in [9.17, 15) is 14.0 Å². The topological polar surface area (TPSA) is 66.6 Å². The molecule has 6 heteroatoms. The Kier molecular flexibility index (Phi) is 4.51. The Labute approximate surface area is 129 Å². The van der Waals surface area contributed by atoms with Crippen LogP contribution in [0.5, 0.6) is 0 Å². The van der Waals surface area contributed by atoms with E-state index in [2.05, 4.69) is 0 Å². The Balaban J connectivity index is 2.01. The van der Waals surface area contributed by atoms with Crippen LogP contribution < -0.4 is 5.73 Å². The van der Waals surface area contributed by atoms with Gasteiger partial charge in [-0.25, -0.2) is 4.39 Å². The minimum atomic E-state index is -0.910. The summed E-state index contributed by atoms with van der Waals surface area (Å²) in [6.07, 6.45) is 0. The summed E-state index contributed by atoms with van der Waals surface area (Å²) in [4.78, 5) is 27.8. The fourth-order valence-corrected chi connectivity index (χ4v) is 2.43. The first-order chi connectivity index (χ1) is 10.2. The molecule has 1 heterocycles. The van der Waals surface area contributed by atoms with Gasteiger partial charge in [0.25, 0.3) is 5.91 Å². The summed E-state index contributed by atoms with van der Waals surface area (Å²) in [5.41, 5.74) is 5.75. The molecule has 0 radical (unpaired) electrons. The number of nitrogens with zero attached hydrogens (tertiary/aromatic N) is 2. The average Bonchev–Trinajstić information content (AvgIpc) is 2.48. The van der Waals surface area contributed by atoms with Gasteiger partial charge in [-0.3, -0.25) is 9.59 Å². The molecule has 1 saturated heterocycles. The number of halogens is 1. The van der Waals surface area contributed by atoms with Gasteiger partial charge in [-0.15, -0.1) is 0 Å². The van der Waals surface area contributed by atoms with Gasteiger partial charge in [0, 0.05) is 31.7 Å². The maximum atomic E-state index is 13.6. The molecule has 1 fully saturated rings. The zero-order valence-corrected chi connectivity index (χ0v) is 13.2. The normalized spacial score (nSPS) is 15.9. The molecule has 0 spiro atoms. The maximum absolute atomic E-state index is 13.6. The van der Waals surface area contributed by atoms with Gasteiger partial charge in [0.05, 0.1) is 5.54 Å². The van der Waals surface area contributed by atoms with Gasteiger partial charge in [-0.2, -0.15) is 0 Å². The van der Waals surface area contributed by atoms with E-state index in [1.165, 1.54) is 6.07 Å². The minimum Gasteiger partial charge on any atom is -0.338 e. The van der Waals surface area contributed by atoms with Gasteiger partial charge >= 0.3 is 0 Å². The van der Waals surface area contributed by atoms with Crippen molar-refractivity contribution in [2.24, 2.45) is 5.73 Å². The van der Waals surface area contributed by atoms with Crippen molar-refractivity contribution in [3.63, 3.8) is 0 Å². The average molecular weight is 307 g/mol. The SMILES string of the molecule is Cc1ccc(C(=O)N2CCN(C(=O)C(C)(C)N)CC2)cc1F. The van der Waals surface area contributed by atoms with Crippen molar-refractivity contribution in [2.45, 2.75) is 26.3 Å². The van der Waals surface area contributed by atoms with Crippen molar-refractivity contribution in [3.8, 4) is 0 Å². The van der Waals surface area contributed by atoms with Gasteiger partial charge in [-0.1, -0.05) is 6.07 Å². The van der Waals surface area contributed by atoms with Crippen LogP contribution in [0.4, 0.5) is 4.39 Å². The Morgan fingerprint density at radius 3 is 2.18 bits per heavy atom. The van der Waals surface area contributed by atoms with E-state index >= 15 is 0 Å². The second-order valence-corrected chi connectivity index (χ2v) is 6.27. The molecule has 2 rings (SSSR count). The third-order valence-electron chi connectivity index (χ3n) is 3.82. The van der Waals surface area contributed by atoms with Crippen LogP contribution in [0.1, 0.15) is 29.8 Å². The van der Waals surface area contributed by atoms with E-state index in [-0.39, 0.29) is 17.6 Å². The molecule has 5 nitrogen and oxygen atoms in total. The second kappa shape index (κ2) is 6.04. The summed E-state index contributed by atoms with van der Waals surface area (Å²) >= 11 is 0. The molecule has 22 heavy (non-hydrogen) atoms. The number of nitrogens with two attached hydrogens (primary N) is 1. The molecule has 0 atom stereocenters. The van der Waals surface area contributed by atoms with E-state index in [1.807, 2.05) is 0 Å². The second-order valence-electron chi connectivity index (χ2n) is 6.27. The van der Waals surface area contributed by atoms with Crippen LogP contribution in [0.2, 0.25) is 0 Å². The van der Waals surface area contributed by atoms with Gasteiger partial charge in [-0.05, 0) is 38.5 Å². The highest BCUT2D eigenvalue weighted by Crippen LogP contribution is 2.14. The number of piperazine rings is 1. The van der Waals surface area contributed by atoms with Crippen LogP contribution in [0.25, 0.3) is 0 Å². The molecular weight excluding hydrogens is 285 g/mol. The highest BCUT2D eigenvalue weighted by atomic mass is 19.1. The van der Waals surface area contributed by atoms with Crippen LogP contribution in [0.3, 0.4) is 0 Å². The Bertz CT molecular complexity index is 588. The fraction of sp³-hybridized carbons (Fsp3) is 0.500. The van der Waals surface area contributed by atoms with Gasteiger partial charge in [0.15, 0.2) is 0 Å². The van der Waals surface area contributed by atoms with Crippen molar-refractivity contribution in [2.75, 3.05) is 26.2 Å². The van der Waals surface area contributed by atoms with Crippen molar-refractivity contribution in [1.82, 2.24) is 9.80 Å². The van der Waals surface area contributed by atoms with Crippen molar-refractivity contribution in [1.29, 1.82) is 0 Å². The number of aryl methyl sites for hydroxylation is 1. The molecular formula is C16H22FN3O2. The summed E-state index contributed by atoms with van der Waals surface area (Å²) in [6.45, 7) is 6.73. The maximum Gasteiger partial charge on any atom is 0.254 e. The Morgan fingerprint density at radius 2 is 1.68 bits per heavy atom. The molecule has 0 bridgehead atoms. The van der Waals surface area contributed by atoms with Crippen molar-refractivity contribution < 1.29 is 14.0 Å². The number of rotatable bonds is 2. The van der Waals surface area contributed by atoms with E-state index in [0.717, 1.165) is 0 Å². The molecule has 2 N–H and O–H groups in total. The summed E-state index contributed by atoms with van der Waals surface area (Å²) in [5, 5.41) is 0. The lowest BCUT2D eigenvalue weighted by Crippen LogP contribution is -2.57. The lowest BCUT2D eigenvalue weighted by atomic mass is 10.0. The highest BCUT2D eigenvalue weighted by molar-refractivity contribution is 5.94. The van der Waals surface area contributed by atoms with Crippen LogP contribution in [0.15, 0.2) is 18.2 Å². The van der Waals surface area contributed by atoms with Gasteiger partial charge < -0.3 is 15.5 Å². The highest BCUT2D eigenvalue weighted by Gasteiger charge is 2.31. The number of hydrogen-bond acceptors (Lipinski definition) is 3. The van der Waals surface area contributed by atoms with Crippen LogP contribution in [0, 0.1) is 12.7 Å². The third-order valence-corrected chi connectivity index (χ3v) is 3.82. The van der Waals surface area contributed by atoms with Crippen molar-refractivity contribution >= 4 is 11.8 Å². The quantitative estimate of drug-likeness (QED) is 0.891. The molecule has 2 amide bonds. The summed E-state index contributed by atoms with van der Waals surface area (Å²) < 4.78 is 13.6. The minimum absolute atomic E-state index is 0.124. The van der Waals surface area contributed by atoms with E-state index < -0.39 is 5.54 Å². The molecule has 1 aliphatic heterocycles. The molecule has 120 valence electrons. The summed E-state index contributed by atoms with van der Waals surface area (Å²) in [6, 6.07) is 4.48. The molecule has 0 aliphatic carbocycles. The third kappa shape index (κ3) is 3.44. The van der Waals surface area contributed by atoms with Crippen molar-refractivity contribution in [3.05, 3.63) is 35.1 Å².